The maximum Gasteiger partial charge on any atom is 0.109 e. The van der Waals surface area contributed by atoms with Gasteiger partial charge in [0, 0.05) is 24.5 Å². The van der Waals surface area contributed by atoms with Crippen LogP contribution in [0, 0.1) is 0 Å². The van der Waals surface area contributed by atoms with Crippen molar-refractivity contribution in [2.75, 3.05) is 26.2 Å². The number of imidazole rings is 1. The van der Waals surface area contributed by atoms with E-state index in [-0.39, 0.29) is 0 Å². The number of rotatable bonds is 8. The van der Waals surface area contributed by atoms with Crippen molar-refractivity contribution in [2.45, 2.75) is 33.2 Å². The Morgan fingerprint density at radius 3 is 2.71 bits per heavy atom. The van der Waals surface area contributed by atoms with Crippen LogP contribution in [-0.2, 0) is 13.0 Å². The smallest absolute Gasteiger partial charge is 0.109 e. The quantitative estimate of drug-likeness (QED) is 0.815. The molecule has 1 heterocycles. The van der Waals surface area contributed by atoms with Gasteiger partial charge >= 0.3 is 0 Å². The molecule has 0 bridgehead atoms. The average molecular weight is 309 g/mol. The van der Waals surface area contributed by atoms with Crippen LogP contribution in [0.25, 0.3) is 11.0 Å². The van der Waals surface area contributed by atoms with Crippen LogP contribution in [0.1, 0.15) is 26.1 Å². The lowest BCUT2D eigenvalue weighted by Gasteiger charge is -2.19. The van der Waals surface area contributed by atoms with Gasteiger partial charge in [0.15, 0.2) is 0 Å². The molecule has 5 heteroatoms. The lowest BCUT2D eigenvalue weighted by Crippen LogP contribution is -2.27. The minimum atomic E-state index is 0.694. The second kappa shape index (κ2) is 7.78. The molecule has 1 aromatic heterocycles. The van der Waals surface area contributed by atoms with E-state index in [1.54, 1.807) is 0 Å². The Hall–Kier alpha value is -1.10. The van der Waals surface area contributed by atoms with Crippen molar-refractivity contribution >= 4 is 22.6 Å². The van der Waals surface area contributed by atoms with E-state index in [1.165, 1.54) is 5.52 Å². The molecule has 2 aromatic rings. The van der Waals surface area contributed by atoms with E-state index >= 15 is 0 Å². The van der Waals surface area contributed by atoms with Crippen LogP contribution in [0.2, 0.25) is 5.02 Å². The molecule has 0 aliphatic heterocycles. The Morgan fingerprint density at radius 1 is 1.29 bits per heavy atom. The highest BCUT2D eigenvalue weighted by molar-refractivity contribution is 6.31. The predicted molar refractivity (Wildman–Crippen MR) is 89.9 cm³/mol. The molecule has 21 heavy (non-hydrogen) atoms. The van der Waals surface area contributed by atoms with Gasteiger partial charge in [-0.15, -0.1) is 0 Å². The maximum atomic E-state index is 6.08. The predicted octanol–water partition coefficient (Wildman–Crippen LogP) is 2.92. The summed E-state index contributed by atoms with van der Waals surface area (Å²) in [6.45, 7) is 9.24. The van der Waals surface area contributed by atoms with Gasteiger partial charge in [-0.25, -0.2) is 4.98 Å². The molecular formula is C16H25ClN4. The summed E-state index contributed by atoms with van der Waals surface area (Å²) in [6, 6.07) is 5.95. The summed E-state index contributed by atoms with van der Waals surface area (Å²) in [6.07, 6.45) is 1.88. The zero-order valence-electron chi connectivity index (χ0n) is 13.0. The van der Waals surface area contributed by atoms with Crippen LogP contribution in [0.15, 0.2) is 18.2 Å². The average Bonchev–Trinajstić information content (AvgIpc) is 2.83. The second-order valence-electron chi connectivity index (χ2n) is 5.23. The molecule has 116 valence electrons. The first-order valence-electron chi connectivity index (χ1n) is 7.76. The molecule has 0 saturated carbocycles. The van der Waals surface area contributed by atoms with Crippen LogP contribution in [0.5, 0.6) is 0 Å². The first kappa shape index (κ1) is 16.3. The molecule has 0 radical (unpaired) electrons. The number of aryl methyl sites for hydroxylation is 1. The number of hydrogen-bond acceptors (Lipinski definition) is 3. The lowest BCUT2D eigenvalue weighted by molar-refractivity contribution is 0.290. The summed E-state index contributed by atoms with van der Waals surface area (Å²) in [5.74, 6) is 1.12. The highest BCUT2D eigenvalue weighted by Gasteiger charge is 2.11. The summed E-state index contributed by atoms with van der Waals surface area (Å²) in [4.78, 5) is 7.17. The zero-order chi connectivity index (χ0) is 15.2. The van der Waals surface area contributed by atoms with Crippen molar-refractivity contribution in [1.29, 1.82) is 0 Å². The molecule has 2 rings (SSSR count). The molecule has 0 unspecified atom stereocenters. The van der Waals surface area contributed by atoms with Crippen molar-refractivity contribution in [3.63, 3.8) is 0 Å². The fraction of sp³-hybridized carbons (Fsp3) is 0.562. The minimum absolute atomic E-state index is 0.694. The molecule has 1 aromatic carbocycles. The van der Waals surface area contributed by atoms with Crippen molar-refractivity contribution < 1.29 is 0 Å². The zero-order valence-corrected chi connectivity index (χ0v) is 13.7. The minimum Gasteiger partial charge on any atom is -0.330 e. The van der Waals surface area contributed by atoms with E-state index in [0.29, 0.717) is 6.54 Å². The Morgan fingerprint density at radius 2 is 2.05 bits per heavy atom. The Balaban J connectivity index is 2.28. The van der Waals surface area contributed by atoms with Gasteiger partial charge in [0.2, 0.25) is 0 Å². The molecule has 0 atom stereocenters. The molecule has 4 nitrogen and oxygen atoms in total. The number of halogens is 1. The van der Waals surface area contributed by atoms with Crippen molar-refractivity contribution in [3.05, 3.63) is 29.0 Å². The molecule has 0 aliphatic carbocycles. The van der Waals surface area contributed by atoms with Crippen LogP contribution >= 0.6 is 11.6 Å². The van der Waals surface area contributed by atoms with Crippen LogP contribution in [0.4, 0.5) is 0 Å². The first-order valence-corrected chi connectivity index (χ1v) is 8.14. The summed E-state index contributed by atoms with van der Waals surface area (Å²) in [7, 11) is 0. The van der Waals surface area contributed by atoms with Gasteiger partial charge < -0.3 is 15.2 Å². The third-order valence-corrected chi connectivity index (χ3v) is 4.16. The van der Waals surface area contributed by atoms with Gasteiger partial charge in [0.05, 0.1) is 11.0 Å². The number of nitrogens with two attached hydrogens (primary N) is 1. The van der Waals surface area contributed by atoms with Gasteiger partial charge in [0.1, 0.15) is 5.82 Å². The second-order valence-corrected chi connectivity index (χ2v) is 5.67. The van der Waals surface area contributed by atoms with Crippen LogP contribution in [0.3, 0.4) is 0 Å². The number of aromatic nitrogens is 2. The SMILES string of the molecule is CCN(CC)CCn1c(CCCN)nc2cc(Cl)ccc21. The standard InChI is InChI=1S/C16H25ClN4/c1-3-20(4-2)10-11-21-15-8-7-13(17)12-14(15)19-16(21)6-5-9-18/h7-8,12H,3-6,9-11,18H2,1-2H3. The Kier molecular flexibility index (Phi) is 6.03. The van der Waals surface area contributed by atoms with Crippen molar-refractivity contribution in [2.24, 2.45) is 5.73 Å². The van der Waals surface area contributed by atoms with Gasteiger partial charge in [-0.1, -0.05) is 25.4 Å². The molecule has 0 spiro atoms. The number of nitrogens with zero attached hydrogens (tertiary/aromatic N) is 3. The normalized spacial score (nSPS) is 11.7. The highest BCUT2D eigenvalue weighted by Crippen LogP contribution is 2.21. The number of benzene rings is 1. The molecule has 0 aliphatic rings. The van der Waals surface area contributed by atoms with Crippen LogP contribution in [-0.4, -0.2) is 40.6 Å². The third kappa shape index (κ3) is 3.96. The van der Waals surface area contributed by atoms with Gasteiger partial charge in [0.25, 0.3) is 0 Å². The van der Waals surface area contributed by atoms with Crippen molar-refractivity contribution in [3.8, 4) is 0 Å². The molecular weight excluding hydrogens is 284 g/mol. The lowest BCUT2D eigenvalue weighted by atomic mass is 10.3. The summed E-state index contributed by atoms with van der Waals surface area (Å²) in [5, 5.41) is 0.737. The third-order valence-electron chi connectivity index (χ3n) is 3.93. The Bertz CT molecular complexity index is 575. The van der Waals surface area contributed by atoms with E-state index in [2.05, 4.69) is 29.4 Å². The fourth-order valence-electron chi connectivity index (χ4n) is 2.63. The van der Waals surface area contributed by atoms with Crippen molar-refractivity contribution in [1.82, 2.24) is 14.5 Å². The van der Waals surface area contributed by atoms with Gasteiger partial charge in [-0.05, 0) is 44.3 Å². The summed E-state index contributed by atoms with van der Waals surface area (Å²) >= 11 is 6.08. The molecule has 0 fully saturated rings. The van der Waals surface area contributed by atoms with Gasteiger partial charge in [-0.3, -0.25) is 0 Å². The highest BCUT2D eigenvalue weighted by atomic mass is 35.5. The van der Waals surface area contributed by atoms with Gasteiger partial charge in [-0.2, -0.15) is 0 Å². The summed E-state index contributed by atoms with van der Waals surface area (Å²) < 4.78 is 2.32. The van der Waals surface area contributed by atoms with Crippen LogP contribution < -0.4 is 5.73 Å². The van der Waals surface area contributed by atoms with E-state index in [9.17, 15) is 0 Å². The first-order chi connectivity index (χ1) is 10.2. The largest absolute Gasteiger partial charge is 0.330 e. The van der Waals surface area contributed by atoms with E-state index in [0.717, 1.165) is 55.4 Å². The molecule has 0 amide bonds. The van der Waals surface area contributed by atoms with E-state index < -0.39 is 0 Å². The number of likely N-dealkylation sites (N-methyl/N-ethyl adjacent to an activating group) is 1. The maximum absolute atomic E-state index is 6.08. The number of fused-ring (bicyclic) bond motifs is 1. The fourth-order valence-corrected chi connectivity index (χ4v) is 2.80. The number of hydrogen-bond donors (Lipinski definition) is 1. The molecule has 0 saturated heterocycles. The summed E-state index contributed by atoms with van der Waals surface area (Å²) in [5.41, 5.74) is 7.79. The Labute approximate surface area is 131 Å². The molecule has 2 N–H and O–H groups in total. The monoisotopic (exact) mass is 308 g/mol. The van der Waals surface area contributed by atoms with E-state index in [1.807, 2.05) is 12.1 Å². The topological polar surface area (TPSA) is 47.1 Å². The van der Waals surface area contributed by atoms with E-state index in [4.69, 9.17) is 22.3 Å².